The second-order valence-electron chi connectivity index (χ2n) is 11.4. The molecule has 0 spiro atoms. The summed E-state index contributed by atoms with van der Waals surface area (Å²) >= 11 is 0. The molecule has 19 nitrogen and oxygen atoms in total. The molecule has 5 aromatic rings. The van der Waals surface area contributed by atoms with Gasteiger partial charge in [0.15, 0.2) is 0 Å². The molecule has 0 bridgehead atoms. The van der Waals surface area contributed by atoms with Gasteiger partial charge >= 0.3 is 101 Å². The normalized spacial score (nSPS) is 11.6. The van der Waals surface area contributed by atoms with Gasteiger partial charge < -0.3 is 40.7 Å². The third-order valence-corrected chi connectivity index (χ3v) is 8.33. The van der Waals surface area contributed by atoms with E-state index in [0.717, 1.165) is 18.2 Å². The van der Waals surface area contributed by atoms with Crippen LogP contribution in [0.25, 0.3) is 0 Å². The number of benzene rings is 5. The van der Waals surface area contributed by atoms with Crippen LogP contribution in [0.5, 0.6) is 17.2 Å². The van der Waals surface area contributed by atoms with E-state index in [1.54, 1.807) is 31.2 Å². The summed E-state index contributed by atoms with van der Waals surface area (Å²) in [5.41, 5.74) is 0.169. The quantitative estimate of drug-likeness (QED) is 0.0271. The molecular formula is C36H26N7Na3O12S. The standard InChI is InChI=1S/C36H29N7O12S.3Na/c1-18-12-28(30(55-2)17-27(18)43-42-24-15-26(35(49)50)32(45)31(16-24)56(52,53)54)39-33(46)19-4-3-5-22(13-19)38-36(51)37-20-6-8-21(9-7-20)40-41-23-10-11-29(44)25(14-23)34(47)48;;;/h3-17,44-45H,1-2H3,(H,39,46)(H,47,48)(H,49,50)(H2,37,38,51)(H,52,53,54);;;/q;3*+1/p-3. The molecule has 0 fully saturated rings. The summed E-state index contributed by atoms with van der Waals surface area (Å²) in [6.07, 6.45) is 0. The predicted molar refractivity (Wildman–Crippen MR) is 194 cm³/mol. The number of hydrogen-bond acceptors (Lipinski definition) is 14. The molecular weight excluding hydrogens is 823 g/mol. The number of amidine groups is 1. The van der Waals surface area contributed by atoms with Crippen molar-refractivity contribution in [3.8, 4) is 17.2 Å². The number of methoxy groups -OCH3 is 1. The van der Waals surface area contributed by atoms with Gasteiger partial charge in [0.2, 0.25) is 0 Å². The van der Waals surface area contributed by atoms with Crippen LogP contribution in [0.2, 0.25) is 0 Å². The van der Waals surface area contributed by atoms with Crippen LogP contribution < -0.4 is 114 Å². The van der Waals surface area contributed by atoms with Gasteiger partial charge in [-0.1, -0.05) is 29.7 Å². The number of carbonyl (C=O) groups is 2. The number of nitrogens with one attached hydrogen (secondary N) is 1. The van der Waals surface area contributed by atoms with Crippen LogP contribution >= 0.6 is 0 Å². The Labute approximate surface area is 401 Å². The van der Waals surface area contributed by atoms with Crippen molar-refractivity contribution in [2.24, 2.45) is 30.4 Å². The molecule has 0 heterocycles. The van der Waals surface area contributed by atoms with E-state index in [0.29, 0.717) is 23.0 Å². The van der Waals surface area contributed by atoms with Crippen LogP contribution in [0.1, 0.15) is 31.8 Å². The average Bonchev–Trinajstić information content (AvgIpc) is 3.14. The molecule has 0 aliphatic heterocycles. The van der Waals surface area contributed by atoms with Crippen molar-refractivity contribution in [3.05, 3.63) is 113 Å². The number of carboxylic acids is 2. The number of aliphatic hydroxyl groups is 1. The number of aliphatic hydroxyl groups excluding tert-OH is 1. The number of aryl methyl sites for hydroxylation is 1. The Balaban J connectivity index is 0.00000400. The number of aromatic carboxylic acids is 2. The van der Waals surface area contributed by atoms with Gasteiger partial charge in [-0.3, -0.25) is 9.55 Å². The van der Waals surface area contributed by atoms with E-state index in [9.17, 15) is 48.1 Å². The summed E-state index contributed by atoms with van der Waals surface area (Å²) in [6, 6.07) is 19.4. The second kappa shape index (κ2) is 22.1. The number of anilines is 1. The average molecular weight is 850 g/mol. The first-order valence-electron chi connectivity index (χ1n) is 15.7. The number of hydrogen-bond donors (Lipinski definition) is 5. The van der Waals surface area contributed by atoms with Gasteiger partial charge in [-0.2, -0.15) is 33.9 Å². The van der Waals surface area contributed by atoms with Crippen molar-refractivity contribution in [1.29, 1.82) is 0 Å². The maximum absolute atomic E-state index is 13.2. The van der Waals surface area contributed by atoms with E-state index < -0.39 is 61.5 Å². The largest absolute Gasteiger partial charge is 1.00 e. The smallest absolute Gasteiger partial charge is 0.872 e. The van der Waals surface area contributed by atoms with Crippen molar-refractivity contribution >= 4 is 73.8 Å². The number of ether oxygens (including phenoxy) is 1. The zero-order valence-electron chi connectivity index (χ0n) is 31.8. The van der Waals surface area contributed by atoms with Crippen LogP contribution in [0, 0.1) is 6.92 Å². The fraction of sp³-hybridized carbons (Fsp3) is 0.0556. The topological polar surface area (TPSA) is 314 Å². The fourth-order valence-corrected chi connectivity index (χ4v) is 5.38. The summed E-state index contributed by atoms with van der Waals surface area (Å²) < 4.78 is 38.0. The molecule has 0 saturated heterocycles. The third kappa shape index (κ3) is 13.4. The Morgan fingerprint density at radius 2 is 1.31 bits per heavy atom. The van der Waals surface area contributed by atoms with Crippen LogP contribution in [-0.2, 0) is 10.1 Å². The molecule has 286 valence electrons. The molecule has 0 unspecified atom stereocenters. The van der Waals surface area contributed by atoms with Crippen LogP contribution in [0.15, 0.2) is 126 Å². The van der Waals surface area contributed by atoms with Crippen molar-refractivity contribution < 1.29 is 147 Å². The minimum absolute atomic E-state index is 0. The van der Waals surface area contributed by atoms with Crippen molar-refractivity contribution in [3.63, 3.8) is 0 Å². The monoisotopic (exact) mass is 849 g/mol. The maximum atomic E-state index is 13.2. The molecule has 0 radical (unpaired) electrons. The minimum Gasteiger partial charge on any atom is -0.872 e. The third-order valence-electron chi connectivity index (χ3n) is 7.47. The summed E-state index contributed by atoms with van der Waals surface area (Å²) in [4.78, 5) is 29.7. The number of rotatable bonds is 12. The Morgan fingerprint density at radius 3 is 1.93 bits per heavy atom. The van der Waals surface area contributed by atoms with Gasteiger partial charge in [-0.25, -0.2) is 9.59 Å². The number of aliphatic imine (C=N–C) groups is 2. The first kappa shape index (κ1) is 50.4. The Bertz CT molecular complexity index is 2610. The molecule has 5 aromatic carbocycles. The fourth-order valence-electron chi connectivity index (χ4n) is 4.76. The van der Waals surface area contributed by atoms with Gasteiger partial charge in [0, 0.05) is 11.8 Å². The van der Waals surface area contributed by atoms with Crippen LogP contribution in [0.3, 0.4) is 0 Å². The Hall–Kier alpha value is -4.71. The molecule has 0 aliphatic rings. The van der Waals surface area contributed by atoms with Crippen molar-refractivity contribution in [2.75, 3.05) is 12.4 Å². The van der Waals surface area contributed by atoms with Crippen LogP contribution in [-0.4, -0.2) is 59.3 Å². The molecule has 5 rings (SSSR count). The van der Waals surface area contributed by atoms with E-state index >= 15 is 0 Å². The first-order valence-corrected chi connectivity index (χ1v) is 17.1. The zero-order chi connectivity index (χ0) is 40.7. The van der Waals surface area contributed by atoms with Crippen molar-refractivity contribution in [1.82, 2.24) is 0 Å². The molecule has 23 heteroatoms. The molecule has 59 heavy (non-hydrogen) atoms. The second-order valence-corrected chi connectivity index (χ2v) is 12.8. The molecule has 0 aliphatic carbocycles. The van der Waals surface area contributed by atoms with Gasteiger partial charge in [0.1, 0.15) is 11.4 Å². The number of carboxylic acid groups (broad SMARTS) is 2. The molecule has 0 saturated carbocycles. The van der Waals surface area contributed by atoms with Gasteiger partial charge in [0.25, 0.3) is 16.1 Å². The Morgan fingerprint density at radius 1 is 0.695 bits per heavy atom. The van der Waals surface area contributed by atoms with Gasteiger partial charge in [0.05, 0.1) is 51.6 Å². The van der Waals surface area contributed by atoms with E-state index in [2.05, 4.69) is 35.8 Å². The number of nitrogens with zero attached hydrogens (tertiary/aromatic N) is 6. The summed E-state index contributed by atoms with van der Waals surface area (Å²) in [6.45, 7) is 1.58. The summed E-state index contributed by atoms with van der Waals surface area (Å²) in [7, 11) is -3.77. The van der Waals surface area contributed by atoms with Gasteiger partial charge in [-0.05, 0) is 90.7 Å². The zero-order valence-corrected chi connectivity index (χ0v) is 38.6. The number of azo groups is 2. The van der Waals surface area contributed by atoms with Gasteiger partial charge in [-0.15, -0.1) is 0 Å². The van der Waals surface area contributed by atoms with E-state index in [1.165, 1.54) is 49.6 Å². The predicted octanol–water partition coefficient (Wildman–Crippen LogP) is -3.27. The minimum atomic E-state index is -5.08. The van der Waals surface area contributed by atoms with Crippen LogP contribution in [0.4, 0.5) is 39.8 Å². The molecule has 5 N–H and O–H groups in total. The summed E-state index contributed by atoms with van der Waals surface area (Å²) in [5.74, 6) is -5.82. The molecule has 0 aromatic heterocycles. The SMILES string of the molecule is COc1cc(N=Nc2cc(C(=O)O)c([O-])c(S(=O)(=O)O)c2)c(C)cc1N=C([O-])c1cccc(N=C(O)Nc2ccc(N=Nc3ccc([O-])c(C(=O)O)c3)cc2)c1.[Na+].[Na+].[Na+]. The summed E-state index contributed by atoms with van der Waals surface area (Å²) in [5, 5.41) is 84.3. The van der Waals surface area contributed by atoms with E-state index in [-0.39, 0.29) is 128 Å². The molecule has 0 atom stereocenters. The molecule has 0 amide bonds. The van der Waals surface area contributed by atoms with Crippen molar-refractivity contribution in [2.45, 2.75) is 11.8 Å². The maximum Gasteiger partial charge on any atom is 1.00 e. The Kier molecular flexibility index (Phi) is 18.8. The van der Waals surface area contributed by atoms with E-state index in [4.69, 9.17) is 9.84 Å². The van der Waals surface area contributed by atoms with E-state index in [1.807, 2.05) is 0 Å². The first-order chi connectivity index (χ1) is 26.5.